The normalized spacial score (nSPS) is 11.5. The molecule has 254 valence electrons. The largest absolute Gasteiger partial charge is 0.294 e. The lowest BCUT2D eigenvalue weighted by molar-refractivity contribution is 0.976. The fraction of sp³-hybridized carbons (Fsp3) is 0. The third-order valence-corrected chi connectivity index (χ3v) is 9.78. The van der Waals surface area contributed by atoms with Crippen molar-refractivity contribution in [3.63, 3.8) is 0 Å². The molecule has 0 N–H and O–H groups in total. The van der Waals surface area contributed by atoms with Gasteiger partial charge in [0.05, 0.1) is 22.1 Å². The fourth-order valence-electron chi connectivity index (χ4n) is 7.24. The van der Waals surface area contributed by atoms with Crippen LogP contribution in [0.5, 0.6) is 0 Å². The monoisotopic (exact) mass is 696 g/mol. The van der Waals surface area contributed by atoms with Crippen LogP contribution in [0.1, 0.15) is 0 Å². The van der Waals surface area contributed by atoms with Gasteiger partial charge in [-0.25, -0.2) is 24.5 Å². The van der Waals surface area contributed by atoms with Gasteiger partial charge in [0.1, 0.15) is 5.65 Å². The van der Waals surface area contributed by atoms with E-state index in [0.717, 1.165) is 33.1 Å². The molecular weight excluding hydrogens is 669 g/mol. The van der Waals surface area contributed by atoms with Crippen molar-refractivity contribution in [1.29, 1.82) is 0 Å². The van der Waals surface area contributed by atoms with Gasteiger partial charge < -0.3 is 0 Å². The Morgan fingerprint density at radius 3 is 1.46 bits per heavy atom. The summed E-state index contributed by atoms with van der Waals surface area (Å²) in [4.78, 5) is 49.4. The van der Waals surface area contributed by atoms with E-state index in [0.29, 0.717) is 56.0 Å². The molecule has 0 fully saturated rings. The molecule has 0 spiro atoms. The van der Waals surface area contributed by atoms with Gasteiger partial charge in [-0.15, -0.1) is 0 Å². The van der Waals surface area contributed by atoms with Gasteiger partial charge in [-0.1, -0.05) is 121 Å². The molecule has 0 amide bonds. The number of rotatable bonds is 5. The summed E-state index contributed by atoms with van der Waals surface area (Å²) in [6.45, 7) is 0. The molecule has 0 bridgehead atoms. The molecule has 0 aliphatic rings. The average Bonchev–Trinajstić information content (AvgIpc) is 3.53. The first kappa shape index (κ1) is 31.2. The lowest BCUT2D eigenvalue weighted by Gasteiger charge is -2.09. The van der Waals surface area contributed by atoms with E-state index in [1.54, 1.807) is 18.2 Å². The molecule has 10 aromatic rings. The van der Waals surface area contributed by atoms with E-state index in [9.17, 15) is 9.59 Å². The van der Waals surface area contributed by atoms with Gasteiger partial charge in [0.25, 0.3) is 11.1 Å². The lowest BCUT2D eigenvalue weighted by atomic mass is 10.1. The summed E-state index contributed by atoms with van der Waals surface area (Å²) in [7, 11) is 0. The summed E-state index contributed by atoms with van der Waals surface area (Å²) in [6.07, 6.45) is 0. The van der Waals surface area contributed by atoms with Crippen LogP contribution in [0, 0.1) is 0 Å². The van der Waals surface area contributed by atoms with Crippen LogP contribution in [0.4, 0.5) is 0 Å². The van der Waals surface area contributed by atoms with Gasteiger partial charge in [0.15, 0.2) is 17.5 Å². The molecule has 0 saturated heterocycles. The van der Waals surface area contributed by atoms with Crippen molar-refractivity contribution in [3.05, 3.63) is 191 Å². The molecule has 0 aliphatic carbocycles. The van der Waals surface area contributed by atoms with Gasteiger partial charge in [-0.2, -0.15) is 0 Å². The molecule has 8 heteroatoms. The quantitative estimate of drug-likeness (QED) is 0.178. The zero-order chi connectivity index (χ0) is 36.2. The molecule has 0 radical (unpaired) electrons. The van der Waals surface area contributed by atoms with Crippen molar-refractivity contribution in [2.45, 2.75) is 0 Å². The molecule has 8 nitrogen and oxygen atoms in total. The van der Waals surface area contributed by atoms with Crippen LogP contribution in [-0.2, 0) is 0 Å². The first-order chi connectivity index (χ1) is 26.6. The average molecular weight is 697 g/mol. The smallest absolute Gasteiger partial charge is 0.267 e. The number of pyridine rings is 1. The van der Waals surface area contributed by atoms with E-state index in [1.807, 2.05) is 146 Å². The van der Waals surface area contributed by atoms with E-state index in [1.165, 1.54) is 4.57 Å². The second-order valence-electron chi connectivity index (χ2n) is 13.0. The number of hydrogen-bond acceptors (Lipinski definition) is 6. The van der Waals surface area contributed by atoms with Crippen molar-refractivity contribution < 1.29 is 0 Å². The standard InChI is InChI=1S/C46H28N6O2/c53-45-35-26-25-31(43-49-41(29-15-5-1-6-16-29)48-42(50-43)30-17-7-2-8-18-30)27-36(35)40-38(46(54)52(45)33-21-11-4-12-22-33)28-37-34-23-13-14-24-39(34)51(44(37)47-40)32-19-9-3-10-20-32/h1-28H. The van der Waals surface area contributed by atoms with Crippen LogP contribution in [-0.4, -0.2) is 29.1 Å². The first-order valence-electron chi connectivity index (χ1n) is 17.6. The van der Waals surface area contributed by atoms with Crippen molar-refractivity contribution >= 4 is 43.6 Å². The summed E-state index contributed by atoms with van der Waals surface area (Å²) in [5.74, 6) is 1.46. The highest BCUT2D eigenvalue weighted by molar-refractivity contribution is 6.14. The minimum atomic E-state index is -0.456. The van der Waals surface area contributed by atoms with Crippen molar-refractivity contribution in [2.75, 3.05) is 0 Å². The van der Waals surface area contributed by atoms with Crippen LogP contribution in [0.15, 0.2) is 179 Å². The number of nitrogens with zero attached hydrogens (tertiary/aromatic N) is 6. The van der Waals surface area contributed by atoms with Crippen molar-refractivity contribution in [3.8, 4) is 45.5 Å². The Hall–Kier alpha value is -7.58. The third kappa shape index (κ3) is 5.08. The number of fused-ring (bicyclic) bond motifs is 6. The van der Waals surface area contributed by atoms with Gasteiger partial charge in [0.2, 0.25) is 0 Å². The van der Waals surface area contributed by atoms with Gasteiger partial charge >= 0.3 is 0 Å². The molecule has 0 aliphatic heterocycles. The minimum absolute atomic E-state index is 0.317. The summed E-state index contributed by atoms with van der Waals surface area (Å²) in [5.41, 5.74) is 4.86. The SMILES string of the molecule is O=c1c2ccc(-c3nc(-c4ccccc4)nc(-c4ccccc4)n3)cc2c2nc3c(cc2c(=O)n1-c1ccccc1)c1ccccc1n3-c1ccccc1. The highest BCUT2D eigenvalue weighted by atomic mass is 16.2. The fourth-order valence-corrected chi connectivity index (χ4v) is 7.24. The van der Waals surface area contributed by atoms with Gasteiger partial charge in [-0.05, 0) is 48.5 Å². The van der Waals surface area contributed by atoms with Crippen LogP contribution in [0.2, 0.25) is 0 Å². The zero-order valence-corrected chi connectivity index (χ0v) is 28.7. The van der Waals surface area contributed by atoms with E-state index in [2.05, 4.69) is 10.6 Å². The highest BCUT2D eigenvalue weighted by Crippen LogP contribution is 2.34. The molecule has 10 rings (SSSR count). The molecule has 54 heavy (non-hydrogen) atoms. The summed E-state index contributed by atoms with van der Waals surface area (Å²) >= 11 is 0. The van der Waals surface area contributed by atoms with Crippen LogP contribution < -0.4 is 11.1 Å². The van der Waals surface area contributed by atoms with E-state index >= 15 is 0 Å². The Morgan fingerprint density at radius 2 is 0.852 bits per heavy atom. The second-order valence-corrected chi connectivity index (χ2v) is 13.0. The Bertz CT molecular complexity index is 3130. The Morgan fingerprint density at radius 1 is 0.352 bits per heavy atom. The van der Waals surface area contributed by atoms with Crippen molar-refractivity contribution in [1.82, 2.24) is 29.1 Å². The van der Waals surface area contributed by atoms with Gasteiger partial charge in [0, 0.05) is 43.9 Å². The van der Waals surface area contributed by atoms with E-state index < -0.39 is 11.1 Å². The molecular formula is C46H28N6O2. The van der Waals surface area contributed by atoms with E-state index in [-0.39, 0.29) is 0 Å². The molecule has 4 heterocycles. The van der Waals surface area contributed by atoms with Crippen LogP contribution in [0.25, 0.3) is 89.2 Å². The second kappa shape index (κ2) is 12.6. The number of benzene rings is 6. The molecule has 0 atom stereocenters. The van der Waals surface area contributed by atoms with Crippen LogP contribution in [0.3, 0.4) is 0 Å². The predicted molar refractivity (Wildman–Crippen MR) is 215 cm³/mol. The van der Waals surface area contributed by atoms with Crippen molar-refractivity contribution in [2.24, 2.45) is 0 Å². The summed E-state index contributed by atoms with van der Waals surface area (Å²) < 4.78 is 3.35. The first-order valence-corrected chi connectivity index (χ1v) is 17.6. The maximum absolute atomic E-state index is 14.8. The predicted octanol–water partition coefficient (Wildman–Crippen LogP) is 9.18. The summed E-state index contributed by atoms with van der Waals surface area (Å²) in [5, 5.41) is 2.91. The topological polar surface area (TPSA) is 95.6 Å². The molecule has 0 saturated carbocycles. The molecule has 0 unspecified atom stereocenters. The minimum Gasteiger partial charge on any atom is -0.294 e. The maximum atomic E-state index is 14.8. The lowest BCUT2D eigenvalue weighted by Crippen LogP contribution is -2.28. The number of hydrogen-bond donors (Lipinski definition) is 0. The molecule has 6 aromatic carbocycles. The summed E-state index contributed by atoms with van der Waals surface area (Å²) in [6, 6.07) is 54.0. The Balaban J connectivity index is 1.34. The van der Waals surface area contributed by atoms with E-state index in [4.69, 9.17) is 19.9 Å². The highest BCUT2D eigenvalue weighted by Gasteiger charge is 2.20. The Kier molecular flexibility index (Phi) is 7.26. The number of para-hydroxylation sites is 3. The zero-order valence-electron chi connectivity index (χ0n) is 28.7. The third-order valence-electron chi connectivity index (χ3n) is 9.78. The van der Waals surface area contributed by atoms with Gasteiger partial charge in [-0.3, -0.25) is 14.2 Å². The molecule has 4 aromatic heterocycles. The van der Waals surface area contributed by atoms with Crippen LogP contribution >= 0.6 is 0 Å². The Labute approximate surface area is 308 Å². The maximum Gasteiger partial charge on any atom is 0.267 e. The number of aromatic nitrogens is 6.